The van der Waals surface area contributed by atoms with Crippen LogP contribution in [0.1, 0.15) is 38.7 Å². The topological polar surface area (TPSA) is 101 Å². The van der Waals surface area contributed by atoms with Gasteiger partial charge in [-0.15, -0.1) is 0 Å². The third-order valence-electron chi connectivity index (χ3n) is 4.32. The summed E-state index contributed by atoms with van der Waals surface area (Å²) in [5.74, 6) is 0.282. The number of anilines is 2. The van der Waals surface area contributed by atoms with Crippen LogP contribution in [0.15, 0.2) is 53.4 Å². The zero-order valence-corrected chi connectivity index (χ0v) is 16.0. The lowest BCUT2D eigenvalue weighted by Gasteiger charge is -2.16. The van der Waals surface area contributed by atoms with Crippen molar-refractivity contribution in [1.29, 1.82) is 0 Å². The number of hydrogen-bond acceptors (Lipinski definition) is 4. The molecular weight excluding hydrogens is 350 g/mol. The van der Waals surface area contributed by atoms with Gasteiger partial charge in [0, 0.05) is 11.4 Å². The van der Waals surface area contributed by atoms with E-state index in [1.165, 1.54) is 29.8 Å². The van der Waals surface area contributed by atoms with Crippen LogP contribution in [0.25, 0.3) is 0 Å². The molecule has 4 N–H and O–H groups in total. The van der Waals surface area contributed by atoms with Gasteiger partial charge in [-0.1, -0.05) is 26.0 Å². The van der Waals surface area contributed by atoms with Crippen LogP contribution in [0, 0.1) is 0 Å². The Hall–Kier alpha value is -2.38. The Morgan fingerprint density at radius 1 is 1.00 bits per heavy atom. The van der Waals surface area contributed by atoms with Crippen molar-refractivity contribution in [3.05, 3.63) is 54.1 Å². The van der Waals surface area contributed by atoms with Crippen LogP contribution in [0.2, 0.25) is 0 Å². The zero-order chi connectivity index (χ0) is 19.3. The fourth-order valence-corrected chi connectivity index (χ4v) is 2.95. The Bertz CT molecular complexity index is 847. The van der Waals surface area contributed by atoms with Crippen LogP contribution in [0.3, 0.4) is 0 Å². The van der Waals surface area contributed by atoms with Crippen molar-refractivity contribution < 1.29 is 13.2 Å². The van der Waals surface area contributed by atoms with Gasteiger partial charge < -0.3 is 10.6 Å². The van der Waals surface area contributed by atoms with Crippen LogP contribution < -0.4 is 15.8 Å². The van der Waals surface area contributed by atoms with Crippen LogP contribution in [0.4, 0.5) is 11.4 Å². The monoisotopic (exact) mass is 375 g/mol. The Morgan fingerprint density at radius 2 is 1.54 bits per heavy atom. The highest BCUT2D eigenvalue weighted by molar-refractivity contribution is 7.89. The molecule has 0 aliphatic carbocycles. The highest BCUT2D eigenvalue weighted by atomic mass is 32.2. The van der Waals surface area contributed by atoms with Crippen molar-refractivity contribution in [2.24, 2.45) is 5.14 Å². The van der Waals surface area contributed by atoms with E-state index >= 15 is 0 Å². The van der Waals surface area contributed by atoms with E-state index in [9.17, 15) is 13.2 Å². The lowest BCUT2D eigenvalue weighted by atomic mass is 9.98. The fourth-order valence-electron chi connectivity index (χ4n) is 2.44. The summed E-state index contributed by atoms with van der Waals surface area (Å²) in [5, 5.41) is 11.0. The summed E-state index contributed by atoms with van der Waals surface area (Å²) < 4.78 is 22.5. The van der Waals surface area contributed by atoms with Crippen LogP contribution >= 0.6 is 0 Å². The number of primary sulfonamides is 1. The number of carbonyl (C=O) groups is 1. The molecule has 2 rings (SSSR count). The molecule has 26 heavy (non-hydrogen) atoms. The summed E-state index contributed by atoms with van der Waals surface area (Å²) >= 11 is 0. The quantitative estimate of drug-likeness (QED) is 0.691. The molecular formula is C19H25N3O3S. The summed E-state index contributed by atoms with van der Waals surface area (Å²) in [6.45, 7) is 6.09. The smallest absolute Gasteiger partial charge is 0.246 e. The third-order valence-corrected chi connectivity index (χ3v) is 5.25. The summed E-state index contributed by atoms with van der Waals surface area (Å²) in [6, 6.07) is 13.3. The van der Waals surface area contributed by atoms with Crippen molar-refractivity contribution >= 4 is 27.3 Å². The average Bonchev–Trinajstić information content (AvgIpc) is 2.61. The average molecular weight is 375 g/mol. The first kappa shape index (κ1) is 19.9. The van der Waals surface area contributed by atoms with Gasteiger partial charge in [-0.25, -0.2) is 13.6 Å². The first-order valence-corrected chi connectivity index (χ1v) is 10.1. The molecule has 2 aromatic rings. The Balaban J connectivity index is 1.97. The molecule has 0 aliphatic rings. The number of nitrogens with two attached hydrogens (primary N) is 1. The second kappa shape index (κ2) is 8.33. The molecule has 7 heteroatoms. The Morgan fingerprint density at radius 3 is 2.04 bits per heavy atom. The molecule has 0 unspecified atom stereocenters. The van der Waals surface area contributed by atoms with Gasteiger partial charge in [-0.05, 0) is 61.2 Å². The second-order valence-corrected chi connectivity index (χ2v) is 7.92. The minimum absolute atomic E-state index is 0.00284. The van der Waals surface area contributed by atoms with Crippen LogP contribution in [0.5, 0.6) is 0 Å². The van der Waals surface area contributed by atoms with E-state index < -0.39 is 16.1 Å². The number of carbonyl (C=O) groups excluding carboxylic acids is 1. The van der Waals surface area contributed by atoms with Gasteiger partial charge in [-0.2, -0.15) is 0 Å². The van der Waals surface area contributed by atoms with Crippen LogP contribution in [-0.4, -0.2) is 20.4 Å². The van der Waals surface area contributed by atoms with Gasteiger partial charge in [-0.3, -0.25) is 4.79 Å². The molecule has 1 amide bonds. The molecule has 0 fully saturated rings. The highest BCUT2D eigenvalue weighted by Crippen LogP contribution is 2.21. The zero-order valence-electron chi connectivity index (χ0n) is 15.2. The molecule has 0 bridgehead atoms. The maximum Gasteiger partial charge on any atom is 0.246 e. The lowest BCUT2D eigenvalue weighted by Crippen LogP contribution is -2.31. The van der Waals surface area contributed by atoms with Gasteiger partial charge in [0.2, 0.25) is 15.9 Å². The van der Waals surface area contributed by atoms with E-state index in [2.05, 4.69) is 36.6 Å². The summed E-state index contributed by atoms with van der Waals surface area (Å²) in [7, 11) is -3.74. The van der Waals surface area contributed by atoms with Gasteiger partial charge in [0.1, 0.15) is 6.04 Å². The molecule has 140 valence electrons. The maximum absolute atomic E-state index is 12.3. The lowest BCUT2D eigenvalue weighted by molar-refractivity contribution is -0.116. The minimum atomic E-state index is -3.74. The largest absolute Gasteiger partial charge is 0.374 e. The standard InChI is InChI=1S/C19H25N3O3S/c1-4-13(2)15-5-7-16(8-6-15)21-14(3)19(23)22-17-9-11-18(12-10-17)26(20,24)25/h5-14,21H,4H2,1-3H3,(H,22,23)(H2,20,24,25)/t13-,14-/m1/s1. The Labute approximate surface area is 154 Å². The maximum atomic E-state index is 12.3. The normalized spacial score (nSPS) is 13.7. The second-order valence-electron chi connectivity index (χ2n) is 6.36. The summed E-state index contributed by atoms with van der Waals surface area (Å²) in [5.41, 5.74) is 2.64. The first-order valence-electron chi connectivity index (χ1n) is 8.51. The number of rotatable bonds is 7. The predicted molar refractivity (Wildman–Crippen MR) is 105 cm³/mol. The fraction of sp³-hybridized carbons (Fsp3) is 0.316. The van der Waals surface area contributed by atoms with Crippen molar-refractivity contribution in [3.63, 3.8) is 0 Å². The van der Waals surface area contributed by atoms with E-state index in [1.54, 1.807) is 6.92 Å². The van der Waals surface area contributed by atoms with Crippen LogP contribution in [-0.2, 0) is 14.8 Å². The molecule has 0 saturated carbocycles. The van der Waals surface area contributed by atoms with Gasteiger partial charge in [0.25, 0.3) is 0 Å². The molecule has 0 saturated heterocycles. The number of benzene rings is 2. The number of sulfonamides is 1. The molecule has 2 aromatic carbocycles. The van der Waals surface area contributed by atoms with Gasteiger partial charge >= 0.3 is 0 Å². The molecule has 2 atom stereocenters. The van der Waals surface area contributed by atoms with E-state index in [1.807, 2.05) is 12.1 Å². The summed E-state index contributed by atoms with van der Waals surface area (Å²) in [6.07, 6.45) is 1.08. The van der Waals surface area contributed by atoms with E-state index in [0.717, 1.165) is 12.1 Å². The SMILES string of the molecule is CC[C@@H](C)c1ccc(N[C@H](C)C(=O)Nc2ccc(S(N)(=O)=O)cc2)cc1. The van der Waals surface area contributed by atoms with Crippen molar-refractivity contribution in [2.75, 3.05) is 10.6 Å². The third kappa shape index (κ3) is 5.31. The first-order chi connectivity index (χ1) is 12.2. The van der Waals surface area contributed by atoms with Gasteiger partial charge in [0.05, 0.1) is 4.90 Å². The molecule has 0 aromatic heterocycles. The number of amides is 1. The van der Waals surface area contributed by atoms with Gasteiger partial charge in [0.15, 0.2) is 0 Å². The molecule has 0 heterocycles. The molecule has 0 aliphatic heterocycles. The van der Waals surface area contributed by atoms with Crippen molar-refractivity contribution in [2.45, 2.75) is 44.0 Å². The number of hydrogen-bond donors (Lipinski definition) is 3. The minimum Gasteiger partial charge on any atom is -0.374 e. The molecule has 0 spiro atoms. The van der Waals surface area contributed by atoms with E-state index in [-0.39, 0.29) is 10.8 Å². The predicted octanol–water partition coefficient (Wildman–Crippen LogP) is 3.29. The highest BCUT2D eigenvalue weighted by Gasteiger charge is 2.14. The number of nitrogens with one attached hydrogen (secondary N) is 2. The van der Waals surface area contributed by atoms with Crippen molar-refractivity contribution in [1.82, 2.24) is 0 Å². The van der Waals surface area contributed by atoms with Crippen molar-refractivity contribution in [3.8, 4) is 0 Å². The van der Waals surface area contributed by atoms with E-state index in [0.29, 0.717) is 11.6 Å². The Kier molecular flexibility index (Phi) is 6.39. The molecule has 0 radical (unpaired) electrons. The van der Waals surface area contributed by atoms with E-state index in [4.69, 9.17) is 5.14 Å². The summed E-state index contributed by atoms with van der Waals surface area (Å²) in [4.78, 5) is 12.3. The molecule has 6 nitrogen and oxygen atoms in total.